The molecule has 0 spiro atoms. The second-order valence-electron chi connectivity index (χ2n) is 6.38. The SMILES string of the molecule is CCCOc1cccc(C2C(C(=O)c3cccs3)=C(O)C(=O)N2c2nccs2)c1. The van der Waals surface area contributed by atoms with Crippen LogP contribution in [0.4, 0.5) is 5.13 Å². The van der Waals surface area contributed by atoms with E-state index in [0.717, 1.165) is 6.42 Å². The van der Waals surface area contributed by atoms with Crippen molar-refractivity contribution in [2.24, 2.45) is 0 Å². The summed E-state index contributed by atoms with van der Waals surface area (Å²) in [4.78, 5) is 32.2. The number of aliphatic hydroxyl groups is 1. The zero-order valence-electron chi connectivity index (χ0n) is 15.6. The molecule has 0 saturated carbocycles. The first-order valence-electron chi connectivity index (χ1n) is 9.09. The Bertz CT molecular complexity index is 1060. The Kier molecular flexibility index (Phi) is 5.46. The number of ketones is 1. The van der Waals surface area contributed by atoms with Gasteiger partial charge in [-0.2, -0.15) is 0 Å². The van der Waals surface area contributed by atoms with Crippen LogP contribution in [0.25, 0.3) is 0 Å². The lowest BCUT2D eigenvalue weighted by molar-refractivity contribution is -0.117. The van der Waals surface area contributed by atoms with Gasteiger partial charge in [0.25, 0.3) is 5.91 Å². The van der Waals surface area contributed by atoms with Crippen molar-refractivity contribution in [3.05, 3.63) is 75.1 Å². The topological polar surface area (TPSA) is 79.7 Å². The van der Waals surface area contributed by atoms with Gasteiger partial charge < -0.3 is 9.84 Å². The normalized spacial score (nSPS) is 16.5. The molecule has 6 nitrogen and oxygen atoms in total. The van der Waals surface area contributed by atoms with Gasteiger partial charge in [0.05, 0.1) is 23.1 Å². The van der Waals surface area contributed by atoms with Gasteiger partial charge in [-0.15, -0.1) is 22.7 Å². The van der Waals surface area contributed by atoms with E-state index in [1.165, 1.54) is 27.6 Å². The van der Waals surface area contributed by atoms with Crippen LogP contribution in [0, 0.1) is 0 Å². The largest absolute Gasteiger partial charge is 0.503 e. The van der Waals surface area contributed by atoms with Crippen molar-refractivity contribution in [3.63, 3.8) is 0 Å². The molecule has 1 amide bonds. The van der Waals surface area contributed by atoms with Crippen molar-refractivity contribution in [1.29, 1.82) is 0 Å². The van der Waals surface area contributed by atoms with Crippen molar-refractivity contribution >= 4 is 39.5 Å². The van der Waals surface area contributed by atoms with Crippen LogP contribution in [0.2, 0.25) is 0 Å². The lowest BCUT2D eigenvalue weighted by Gasteiger charge is -2.24. The summed E-state index contributed by atoms with van der Waals surface area (Å²) in [6.07, 6.45) is 2.45. The van der Waals surface area contributed by atoms with Crippen LogP contribution in [0.15, 0.2) is 64.7 Å². The zero-order chi connectivity index (χ0) is 20.4. The Balaban J connectivity index is 1.83. The fraction of sp³-hybridized carbons (Fsp3) is 0.190. The predicted octanol–water partition coefficient (Wildman–Crippen LogP) is 4.78. The number of carbonyl (C=O) groups is 2. The second-order valence-corrected chi connectivity index (χ2v) is 8.20. The molecule has 8 heteroatoms. The standard InChI is InChI=1S/C21H18N2O4S2/c1-2-9-27-14-6-3-5-13(12-14)17-16(18(24)15-7-4-10-28-15)19(25)20(26)23(17)21-22-8-11-29-21/h3-8,10-12,17,25H,2,9H2,1H3. The summed E-state index contributed by atoms with van der Waals surface area (Å²) in [6.45, 7) is 2.58. The molecule has 1 aliphatic heterocycles. The number of anilines is 1. The fourth-order valence-corrected chi connectivity index (χ4v) is 4.56. The highest BCUT2D eigenvalue weighted by molar-refractivity contribution is 7.14. The molecule has 148 valence electrons. The summed E-state index contributed by atoms with van der Waals surface area (Å²) in [5.41, 5.74) is 0.728. The van der Waals surface area contributed by atoms with Gasteiger partial charge in [0, 0.05) is 11.6 Å². The summed E-state index contributed by atoms with van der Waals surface area (Å²) in [5.74, 6) is -0.895. The molecule has 0 bridgehead atoms. The molecule has 1 unspecified atom stereocenters. The average molecular weight is 427 g/mol. The molecule has 1 N–H and O–H groups in total. The molecule has 0 saturated heterocycles. The number of rotatable bonds is 7. The number of thiophene rings is 1. The maximum Gasteiger partial charge on any atom is 0.296 e. The number of aliphatic hydroxyl groups excluding tert-OH is 1. The van der Waals surface area contributed by atoms with Crippen LogP contribution in [0.1, 0.15) is 34.6 Å². The Morgan fingerprint density at radius 2 is 2.10 bits per heavy atom. The van der Waals surface area contributed by atoms with Gasteiger partial charge in [-0.25, -0.2) is 4.98 Å². The van der Waals surface area contributed by atoms with Gasteiger partial charge >= 0.3 is 0 Å². The first-order valence-corrected chi connectivity index (χ1v) is 10.8. The van der Waals surface area contributed by atoms with E-state index < -0.39 is 17.7 Å². The third-order valence-electron chi connectivity index (χ3n) is 4.47. The molecule has 0 radical (unpaired) electrons. The highest BCUT2D eigenvalue weighted by Crippen LogP contribution is 2.43. The number of aromatic nitrogens is 1. The Morgan fingerprint density at radius 3 is 2.79 bits per heavy atom. The number of hydrogen-bond acceptors (Lipinski definition) is 7. The first kappa shape index (κ1) is 19.4. The maximum atomic E-state index is 13.2. The molecule has 1 aromatic carbocycles. The quantitative estimate of drug-likeness (QED) is 0.550. The first-order chi connectivity index (χ1) is 14.1. The van der Waals surface area contributed by atoms with Crippen LogP contribution in [-0.2, 0) is 4.79 Å². The third-order valence-corrected chi connectivity index (χ3v) is 6.11. The van der Waals surface area contributed by atoms with Crippen LogP contribution in [0.5, 0.6) is 5.75 Å². The Morgan fingerprint density at radius 1 is 1.24 bits per heavy atom. The van der Waals surface area contributed by atoms with Gasteiger partial charge in [0.1, 0.15) is 5.75 Å². The van der Waals surface area contributed by atoms with E-state index in [9.17, 15) is 14.7 Å². The number of thiazole rings is 1. The number of nitrogens with zero attached hydrogens (tertiary/aromatic N) is 2. The van der Waals surface area contributed by atoms with E-state index in [0.29, 0.717) is 27.9 Å². The van der Waals surface area contributed by atoms with E-state index in [4.69, 9.17) is 4.74 Å². The summed E-state index contributed by atoms with van der Waals surface area (Å²) < 4.78 is 5.73. The van der Waals surface area contributed by atoms with Gasteiger partial charge in [0.2, 0.25) is 5.78 Å². The smallest absolute Gasteiger partial charge is 0.296 e. The van der Waals surface area contributed by atoms with E-state index in [1.807, 2.05) is 25.1 Å². The van der Waals surface area contributed by atoms with E-state index in [-0.39, 0.29) is 11.4 Å². The second kappa shape index (κ2) is 8.18. The number of benzene rings is 1. The Hall–Kier alpha value is -2.97. The molecule has 0 fully saturated rings. The molecule has 0 aliphatic carbocycles. The van der Waals surface area contributed by atoms with Crippen molar-refractivity contribution in [1.82, 2.24) is 4.98 Å². The fourth-order valence-electron chi connectivity index (χ4n) is 3.22. The van der Waals surface area contributed by atoms with E-state index in [2.05, 4.69) is 4.98 Å². The average Bonchev–Trinajstić information content (AvgIpc) is 3.48. The van der Waals surface area contributed by atoms with E-state index in [1.54, 1.807) is 35.2 Å². The number of hydrogen-bond donors (Lipinski definition) is 1. The van der Waals surface area contributed by atoms with Crippen molar-refractivity contribution in [2.45, 2.75) is 19.4 Å². The van der Waals surface area contributed by atoms with Crippen molar-refractivity contribution in [2.75, 3.05) is 11.5 Å². The van der Waals surface area contributed by atoms with Crippen LogP contribution in [-0.4, -0.2) is 28.4 Å². The summed E-state index contributed by atoms with van der Waals surface area (Å²) >= 11 is 2.54. The zero-order valence-corrected chi connectivity index (χ0v) is 17.2. The molecule has 1 aliphatic rings. The van der Waals surface area contributed by atoms with Crippen molar-refractivity contribution < 1.29 is 19.4 Å². The number of amides is 1. The number of Topliss-reactive ketones (excluding diaryl/α,β-unsaturated/α-hetero) is 1. The molecule has 3 heterocycles. The highest BCUT2D eigenvalue weighted by Gasteiger charge is 2.45. The monoisotopic (exact) mass is 426 g/mol. The maximum absolute atomic E-state index is 13.2. The Labute approximate surface area is 175 Å². The van der Waals surface area contributed by atoms with Crippen LogP contribution in [0.3, 0.4) is 0 Å². The third kappa shape index (κ3) is 3.56. The van der Waals surface area contributed by atoms with Crippen molar-refractivity contribution in [3.8, 4) is 5.75 Å². The van der Waals surface area contributed by atoms with Gasteiger partial charge in [0.15, 0.2) is 10.9 Å². The van der Waals surface area contributed by atoms with Crippen LogP contribution < -0.4 is 9.64 Å². The molecular formula is C21H18N2O4S2. The number of ether oxygens (including phenoxy) is 1. The molecule has 2 aromatic heterocycles. The molecule has 29 heavy (non-hydrogen) atoms. The molecule has 4 rings (SSSR count). The minimum absolute atomic E-state index is 0.0558. The highest BCUT2D eigenvalue weighted by atomic mass is 32.1. The molecule has 3 aromatic rings. The van der Waals surface area contributed by atoms with Gasteiger partial charge in [-0.3, -0.25) is 14.5 Å². The number of carbonyl (C=O) groups excluding carboxylic acids is 2. The van der Waals surface area contributed by atoms with Gasteiger partial charge in [-0.05, 0) is 35.6 Å². The molecular weight excluding hydrogens is 408 g/mol. The van der Waals surface area contributed by atoms with Crippen LogP contribution >= 0.6 is 22.7 Å². The summed E-state index contributed by atoms with van der Waals surface area (Å²) in [7, 11) is 0. The summed E-state index contributed by atoms with van der Waals surface area (Å²) in [6, 6.07) is 9.92. The molecule has 1 atom stereocenters. The summed E-state index contributed by atoms with van der Waals surface area (Å²) in [5, 5.41) is 14.6. The lowest BCUT2D eigenvalue weighted by atomic mass is 9.95. The minimum Gasteiger partial charge on any atom is -0.503 e. The lowest BCUT2D eigenvalue weighted by Crippen LogP contribution is -2.30. The van der Waals surface area contributed by atoms with Gasteiger partial charge in [-0.1, -0.05) is 25.1 Å². The predicted molar refractivity (Wildman–Crippen MR) is 113 cm³/mol. The van der Waals surface area contributed by atoms with E-state index >= 15 is 0 Å². The minimum atomic E-state index is -0.784.